The van der Waals surface area contributed by atoms with Crippen molar-refractivity contribution < 1.29 is 5.21 Å². The van der Waals surface area contributed by atoms with E-state index in [1.54, 1.807) is 0 Å². The van der Waals surface area contributed by atoms with Gasteiger partial charge in [-0.2, -0.15) is 0 Å². The highest BCUT2D eigenvalue weighted by molar-refractivity contribution is 9.10. The molecule has 110 valence electrons. The van der Waals surface area contributed by atoms with Crippen molar-refractivity contribution in [2.45, 2.75) is 38.6 Å². The molecule has 2 atom stereocenters. The number of rotatable bonds is 3. The molecule has 0 aromatic heterocycles. The van der Waals surface area contributed by atoms with Gasteiger partial charge in [0.25, 0.3) is 0 Å². The summed E-state index contributed by atoms with van der Waals surface area (Å²) >= 11 is 3.50. The molecule has 0 aliphatic heterocycles. The fraction of sp³-hybridized carbons (Fsp3) is 0.533. The van der Waals surface area contributed by atoms with Crippen molar-refractivity contribution in [2.75, 3.05) is 11.9 Å². The summed E-state index contributed by atoms with van der Waals surface area (Å²) in [6.07, 6.45) is 5.20. The van der Waals surface area contributed by atoms with E-state index in [9.17, 15) is 0 Å². The number of oxime groups is 1. The lowest BCUT2D eigenvalue weighted by atomic mass is 9.85. The molecule has 0 spiro atoms. The number of hydrogen-bond acceptors (Lipinski definition) is 3. The standard InChI is InChI=1S/C15H22BrN3O/c1-10-5-3-4-6-14(10)19(2)11-7-8-12(13(16)9-11)15(17)18-20/h7-10,14,20H,3-6H2,1-2H3,(H2,17,18). The lowest BCUT2D eigenvalue weighted by Gasteiger charge is -2.37. The summed E-state index contributed by atoms with van der Waals surface area (Å²) in [6, 6.07) is 6.54. The number of nitrogens with zero attached hydrogens (tertiary/aromatic N) is 2. The van der Waals surface area contributed by atoms with E-state index < -0.39 is 0 Å². The van der Waals surface area contributed by atoms with Crippen LogP contribution in [0.2, 0.25) is 0 Å². The number of amidine groups is 1. The van der Waals surface area contributed by atoms with E-state index in [1.807, 2.05) is 18.2 Å². The Hall–Kier alpha value is -1.23. The van der Waals surface area contributed by atoms with Gasteiger partial charge in [-0.1, -0.05) is 24.9 Å². The topological polar surface area (TPSA) is 61.8 Å². The molecule has 1 saturated carbocycles. The molecule has 4 nitrogen and oxygen atoms in total. The number of halogens is 1. The summed E-state index contributed by atoms with van der Waals surface area (Å²) in [5.74, 6) is 0.841. The van der Waals surface area contributed by atoms with Crippen molar-refractivity contribution >= 4 is 27.5 Å². The van der Waals surface area contributed by atoms with Crippen LogP contribution in [0.5, 0.6) is 0 Å². The molecule has 0 heterocycles. The van der Waals surface area contributed by atoms with Crippen LogP contribution in [0.25, 0.3) is 0 Å². The Labute approximate surface area is 128 Å². The van der Waals surface area contributed by atoms with Crippen LogP contribution < -0.4 is 10.6 Å². The summed E-state index contributed by atoms with van der Waals surface area (Å²) in [4.78, 5) is 2.35. The van der Waals surface area contributed by atoms with Crippen molar-refractivity contribution in [2.24, 2.45) is 16.8 Å². The lowest BCUT2D eigenvalue weighted by molar-refractivity contribution is 0.318. The first-order valence-corrected chi connectivity index (χ1v) is 7.84. The maximum Gasteiger partial charge on any atom is 0.171 e. The van der Waals surface area contributed by atoms with Gasteiger partial charge >= 0.3 is 0 Å². The molecule has 20 heavy (non-hydrogen) atoms. The Morgan fingerprint density at radius 1 is 1.40 bits per heavy atom. The Morgan fingerprint density at radius 2 is 2.10 bits per heavy atom. The summed E-state index contributed by atoms with van der Waals surface area (Å²) in [7, 11) is 2.15. The van der Waals surface area contributed by atoms with Crippen LogP contribution in [0, 0.1) is 5.92 Å². The van der Waals surface area contributed by atoms with Gasteiger partial charge in [0, 0.05) is 28.8 Å². The van der Waals surface area contributed by atoms with E-state index in [0.717, 1.165) is 16.1 Å². The molecule has 1 fully saturated rings. The molecule has 1 aliphatic carbocycles. The summed E-state index contributed by atoms with van der Waals surface area (Å²) in [5.41, 5.74) is 7.51. The largest absolute Gasteiger partial charge is 0.409 e. The van der Waals surface area contributed by atoms with Crippen molar-refractivity contribution in [3.63, 3.8) is 0 Å². The molecule has 0 radical (unpaired) electrons. The third-order valence-electron chi connectivity index (χ3n) is 4.31. The zero-order chi connectivity index (χ0) is 14.7. The van der Waals surface area contributed by atoms with Crippen LogP contribution in [0.4, 0.5) is 5.69 Å². The molecule has 0 saturated heterocycles. The Bertz CT molecular complexity index is 504. The van der Waals surface area contributed by atoms with Crippen LogP contribution >= 0.6 is 15.9 Å². The van der Waals surface area contributed by atoms with E-state index in [2.05, 4.69) is 40.0 Å². The fourth-order valence-corrected chi connectivity index (χ4v) is 3.62. The van der Waals surface area contributed by atoms with Gasteiger partial charge in [0.1, 0.15) is 0 Å². The van der Waals surface area contributed by atoms with Gasteiger partial charge < -0.3 is 15.8 Å². The number of anilines is 1. The molecule has 2 unspecified atom stereocenters. The van der Waals surface area contributed by atoms with Gasteiger partial charge in [0.05, 0.1) is 0 Å². The second kappa shape index (κ2) is 6.48. The average Bonchev–Trinajstić information content (AvgIpc) is 2.46. The van der Waals surface area contributed by atoms with Crippen molar-refractivity contribution in [1.29, 1.82) is 0 Å². The predicted octanol–water partition coefficient (Wildman–Crippen LogP) is 3.56. The smallest absolute Gasteiger partial charge is 0.171 e. The van der Waals surface area contributed by atoms with E-state index in [0.29, 0.717) is 11.6 Å². The second-order valence-corrected chi connectivity index (χ2v) is 6.44. The molecule has 0 bridgehead atoms. The van der Waals surface area contributed by atoms with Gasteiger partial charge in [-0.15, -0.1) is 0 Å². The van der Waals surface area contributed by atoms with E-state index in [-0.39, 0.29) is 5.84 Å². The lowest BCUT2D eigenvalue weighted by Crippen LogP contribution is -2.39. The maximum atomic E-state index is 8.76. The summed E-state index contributed by atoms with van der Waals surface area (Å²) < 4.78 is 0.848. The van der Waals surface area contributed by atoms with Gasteiger partial charge in [-0.3, -0.25) is 0 Å². The first-order chi connectivity index (χ1) is 9.54. The molecule has 5 heteroatoms. The van der Waals surface area contributed by atoms with E-state index in [1.165, 1.54) is 25.7 Å². The van der Waals surface area contributed by atoms with Crippen LogP contribution in [-0.4, -0.2) is 24.1 Å². The SMILES string of the molecule is CC1CCCCC1N(C)c1ccc(/C(N)=N/O)c(Br)c1. The Balaban J connectivity index is 2.22. The highest BCUT2D eigenvalue weighted by atomic mass is 79.9. The van der Waals surface area contributed by atoms with Gasteiger partial charge in [-0.25, -0.2) is 0 Å². The number of benzene rings is 1. The monoisotopic (exact) mass is 339 g/mol. The molecular weight excluding hydrogens is 318 g/mol. The molecule has 3 N–H and O–H groups in total. The normalized spacial score (nSPS) is 23.6. The highest BCUT2D eigenvalue weighted by Crippen LogP contribution is 2.32. The maximum absolute atomic E-state index is 8.76. The second-order valence-electron chi connectivity index (χ2n) is 5.59. The average molecular weight is 340 g/mol. The minimum absolute atomic E-state index is 0.122. The van der Waals surface area contributed by atoms with Crippen molar-refractivity contribution in [1.82, 2.24) is 0 Å². The highest BCUT2D eigenvalue weighted by Gasteiger charge is 2.25. The first-order valence-electron chi connectivity index (χ1n) is 7.05. The molecule has 1 aliphatic rings. The number of nitrogens with two attached hydrogens (primary N) is 1. The molecule has 1 aromatic carbocycles. The first kappa shape index (κ1) is 15.2. The minimum Gasteiger partial charge on any atom is -0.409 e. The third-order valence-corrected chi connectivity index (χ3v) is 4.96. The molecule has 0 amide bonds. The van der Waals surface area contributed by atoms with Crippen molar-refractivity contribution in [3.8, 4) is 0 Å². The van der Waals surface area contributed by atoms with E-state index >= 15 is 0 Å². The number of hydrogen-bond donors (Lipinski definition) is 2. The van der Waals surface area contributed by atoms with Crippen molar-refractivity contribution in [3.05, 3.63) is 28.2 Å². The summed E-state index contributed by atoms with van der Waals surface area (Å²) in [6.45, 7) is 2.33. The molecule has 1 aromatic rings. The molecule has 2 rings (SSSR count). The van der Waals surface area contributed by atoms with Gasteiger partial charge in [0.15, 0.2) is 5.84 Å². The minimum atomic E-state index is 0.122. The quantitative estimate of drug-likeness (QED) is 0.383. The van der Waals surface area contributed by atoms with Crippen LogP contribution in [0.15, 0.2) is 27.8 Å². The van der Waals surface area contributed by atoms with Gasteiger partial charge in [0.2, 0.25) is 0 Å². The fourth-order valence-electron chi connectivity index (χ4n) is 3.05. The molecular formula is C15H22BrN3O. The van der Waals surface area contributed by atoms with Crippen LogP contribution in [0.3, 0.4) is 0 Å². The zero-order valence-corrected chi connectivity index (χ0v) is 13.6. The van der Waals surface area contributed by atoms with E-state index in [4.69, 9.17) is 10.9 Å². The Kier molecular flexibility index (Phi) is 4.91. The van der Waals surface area contributed by atoms with Crippen LogP contribution in [0.1, 0.15) is 38.2 Å². The predicted molar refractivity (Wildman–Crippen MR) is 86.5 cm³/mol. The van der Waals surface area contributed by atoms with Gasteiger partial charge in [-0.05, 0) is 52.9 Å². The zero-order valence-electron chi connectivity index (χ0n) is 12.0. The Morgan fingerprint density at radius 3 is 2.70 bits per heavy atom. The third kappa shape index (κ3) is 3.08. The van der Waals surface area contributed by atoms with Crippen LogP contribution in [-0.2, 0) is 0 Å². The summed E-state index contributed by atoms with van der Waals surface area (Å²) in [5, 5.41) is 11.8.